The van der Waals surface area contributed by atoms with Crippen molar-refractivity contribution in [2.45, 2.75) is 25.8 Å². The summed E-state index contributed by atoms with van der Waals surface area (Å²) in [6.07, 6.45) is 1.88. The highest BCUT2D eigenvalue weighted by atomic mass is 16.6. The summed E-state index contributed by atoms with van der Waals surface area (Å²) in [5, 5.41) is 16.6. The van der Waals surface area contributed by atoms with Gasteiger partial charge in [0.05, 0.1) is 47.2 Å². The number of nitrogens with zero attached hydrogens (tertiary/aromatic N) is 2. The van der Waals surface area contributed by atoms with Gasteiger partial charge in [-0.1, -0.05) is 12.1 Å². The first-order valence-corrected chi connectivity index (χ1v) is 12.1. The zero-order chi connectivity index (χ0) is 27.2. The highest BCUT2D eigenvalue weighted by molar-refractivity contribution is 5.98. The van der Waals surface area contributed by atoms with E-state index in [2.05, 4.69) is 10.6 Å². The minimum Gasteiger partial charge on any atom is -0.497 e. The Balaban J connectivity index is 1.66. The molecule has 2 N–H and O–H groups in total. The number of nitrogens with one attached hydrogen (secondary N) is 2. The van der Waals surface area contributed by atoms with Crippen LogP contribution in [0.15, 0.2) is 53.7 Å². The van der Waals surface area contributed by atoms with E-state index in [9.17, 15) is 24.5 Å². The number of nitro benzene ring substituents is 1. The van der Waals surface area contributed by atoms with Crippen molar-refractivity contribution in [3.8, 4) is 5.75 Å². The Hall–Kier alpha value is -4.61. The summed E-state index contributed by atoms with van der Waals surface area (Å²) in [7, 11) is 1.52. The number of nitro groups is 1. The van der Waals surface area contributed by atoms with E-state index >= 15 is 0 Å². The predicted molar refractivity (Wildman–Crippen MR) is 136 cm³/mol. The van der Waals surface area contributed by atoms with Crippen molar-refractivity contribution in [1.82, 2.24) is 10.6 Å². The molecule has 12 nitrogen and oxygen atoms in total. The summed E-state index contributed by atoms with van der Waals surface area (Å²) in [6.45, 7) is 2.70. The van der Waals surface area contributed by atoms with Gasteiger partial charge in [-0.3, -0.25) is 10.1 Å². The van der Waals surface area contributed by atoms with Crippen LogP contribution in [0.4, 0.5) is 16.2 Å². The van der Waals surface area contributed by atoms with Crippen LogP contribution in [0.25, 0.3) is 0 Å². The molecule has 2 aliphatic rings. The largest absolute Gasteiger partial charge is 0.497 e. The molecule has 12 heteroatoms. The number of amides is 2. The van der Waals surface area contributed by atoms with Crippen LogP contribution >= 0.6 is 0 Å². The molecule has 2 aromatic carbocycles. The van der Waals surface area contributed by atoms with E-state index in [1.165, 1.54) is 25.3 Å². The van der Waals surface area contributed by atoms with Crippen LogP contribution in [0.3, 0.4) is 0 Å². The van der Waals surface area contributed by atoms with Crippen LogP contribution in [0.2, 0.25) is 0 Å². The molecule has 1 fully saturated rings. The monoisotopic (exact) mass is 524 g/mol. The lowest BCUT2D eigenvalue weighted by molar-refractivity contribution is -0.384. The Morgan fingerprint density at radius 1 is 1.08 bits per heavy atom. The third kappa shape index (κ3) is 5.69. The average Bonchev–Trinajstić information content (AvgIpc) is 3.46. The number of non-ortho nitro benzene ring substituents is 1. The number of benzene rings is 2. The van der Waals surface area contributed by atoms with Crippen molar-refractivity contribution in [3.63, 3.8) is 0 Å². The van der Waals surface area contributed by atoms with Gasteiger partial charge in [0, 0.05) is 25.2 Å². The van der Waals surface area contributed by atoms with Gasteiger partial charge in [0.2, 0.25) is 0 Å². The van der Waals surface area contributed by atoms with E-state index in [-0.39, 0.29) is 29.1 Å². The van der Waals surface area contributed by atoms with E-state index in [1.54, 1.807) is 31.2 Å². The summed E-state index contributed by atoms with van der Waals surface area (Å²) in [6, 6.07) is 9.36. The lowest BCUT2D eigenvalue weighted by Gasteiger charge is -2.29. The fourth-order valence-electron chi connectivity index (χ4n) is 4.48. The van der Waals surface area contributed by atoms with Crippen LogP contribution in [-0.4, -0.2) is 56.3 Å². The van der Waals surface area contributed by atoms with Gasteiger partial charge in [-0.15, -0.1) is 0 Å². The van der Waals surface area contributed by atoms with Crippen LogP contribution in [0, 0.1) is 10.1 Å². The Bertz CT molecular complexity index is 1270. The fraction of sp³-hybridized carbons (Fsp3) is 0.346. The SMILES string of the molecule is CCOC(=O)C1=C(COC(=O)c2cc([N+](=O)[O-])ccc2N2CCCC2)NC(=O)N[C@@H]1c1ccc(OC)cc1. The van der Waals surface area contributed by atoms with Crippen molar-refractivity contribution >= 4 is 29.3 Å². The molecule has 1 saturated heterocycles. The van der Waals surface area contributed by atoms with Crippen molar-refractivity contribution in [1.29, 1.82) is 0 Å². The molecule has 2 aromatic rings. The Kier molecular flexibility index (Phi) is 8.09. The number of urea groups is 1. The summed E-state index contributed by atoms with van der Waals surface area (Å²) >= 11 is 0. The Morgan fingerprint density at radius 3 is 2.42 bits per heavy atom. The molecule has 0 aliphatic carbocycles. The fourth-order valence-corrected chi connectivity index (χ4v) is 4.48. The smallest absolute Gasteiger partial charge is 0.340 e. The molecule has 0 unspecified atom stereocenters. The molecule has 2 aliphatic heterocycles. The van der Waals surface area contributed by atoms with Crippen molar-refractivity contribution in [2.24, 2.45) is 0 Å². The molecule has 0 bridgehead atoms. The van der Waals surface area contributed by atoms with Gasteiger partial charge in [-0.05, 0) is 43.5 Å². The number of anilines is 1. The molecule has 38 heavy (non-hydrogen) atoms. The normalized spacial score (nSPS) is 16.9. The minimum atomic E-state index is -0.875. The van der Waals surface area contributed by atoms with Crippen LogP contribution in [0.1, 0.15) is 41.7 Å². The second kappa shape index (κ2) is 11.6. The quantitative estimate of drug-likeness (QED) is 0.286. The number of carbonyl (C=O) groups excluding carboxylic acids is 3. The molecular formula is C26H28N4O8. The molecular weight excluding hydrogens is 496 g/mol. The molecule has 0 spiro atoms. The number of ether oxygens (including phenoxy) is 3. The number of carbonyl (C=O) groups is 3. The summed E-state index contributed by atoms with van der Waals surface area (Å²) < 4.78 is 15.9. The highest BCUT2D eigenvalue weighted by Crippen LogP contribution is 2.31. The summed E-state index contributed by atoms with van der Waals surface area (Å²) in [4.78, 5) is 51.4. The van der Waals surface area contributed by atoms with Crippen LogP contribution in [0.5, 0.6) is 5.75 Å². The lowest BCUT2D eigenvalue weighted by atomic mass is 9.95. The highest BCUT2D eigenvalue weighted by Gasteiger charge is 2.34. The molecule has 200 valence electrons. The maximum atomic E-state index is 13.2. The first-order chi connectivity index (χ1) is 18.3. The van der Waals surface area contributed by atoms with E-state index in [1.807, 2.05) is 4.90 Å². The van der Waals surface area contributed by atoms with Crippen molar-refractivity contribution in [3.05, 3.63) is 75.0 Å². The van der Waals surface area contributed by atoms with Gasteiger partial charge in [-0.2, -0.15) is 0 Å². The van der Waals surface area contributed by atoms with E-state index < -0.39 is 35.5 Å². The maximum absolute atomic E-state index is 13.2. The molecule has 2 amide bonds. The van der Waals surface area contributed by atoms with Gasteiger partial charge >= 0.3 is 18.0 Å². The molecule has 2 heterocycles. The second-order valence-corrected chi connectivity index (χ2v) is 8.65. The van der Waals surface area contributed by atoms with Crippen LogP contribution in [-0.2, 0) is 14.3 Å². The van der Waals surface area contributed by atoms with Gasteiger partial charge in [-0.25, -0.2) is 14.4 Å². The molecule has 1 atom stereocenters. The number of esters is 2. The topological polar surface area (TPSA) is 149 Å². The van der Waals surface area contributed by atoms with Crippen molar-refractivity contribution < 1.29 is 33.5 Å². The summed E-state index contributed by atoms with van der Waals surface area (Å²) in [5.74, 6) is -0.921. The second-order valence-electron chi connectivity index (χ2n) is 8.65. The third-order valence-corrected chi connectivity index (χ3v) is 6.30. The minimum absolute atomic E-state index is 0.0337. The number of methoxy groups -OCH3 is 1. The average molecular weight is 525 g/mol. The number of rotatable bonds is 9. The molecule has 0 aromatic heterocycles. The number of hydrogen-bond acceptors (Lipinski definition) is 9. The lowest BCUT2D eigenvalue weighted by Crippen LogP contribution is -2.47. The van der Waals surface area contributed by atoms with Gasteiger partial charge in [0.15, 0.2) is 0 Å². The maximum Gasteiger partial charge on any atom is 0.340 e. The first-order valence-electron chi connectivity index (χ1n) is 12.1. The van der Waals surface area contributed by atoms with E-state index in [0.29, 0.717) is 30.1 Å². The first kappa shape index (κ1) is 26.5. The predicted octanol–water partition coefficient (Wildman–Crippen LogP) is 3.23. The van der Waals surface area contributed by atoms with E-state index in [0.717, 1.165) is 12.8 Å². The third-order valence-electron chi connectivity index (χ3n) is 6.30. The number of hydrogen-bond donors (Lipinski definition) is 2. The molecule has 0 radical (unpaired) electrons. The van der Waals surface area contributed by atoms with Gasteiger partial charge in [0.25, 0.3) is 5.69 Å². The summed E-state index contributed by atoms with van der Waals surface area (Å²) in [5.41, 5.74) is 1.02. The Labute approximate surface area is 218 Å². The van der Waals surface area contributed by atoms with E-state index in [4.69, 9.17) is 14.2 Å². The standard InChI is InChI=1S/C26H28N4O8/c1-3-37-25(32)22-20(27-26(33)28-23(22)16-6-9-18(36-2)10-7-16)15-38-24(31)19-14-17(30(34)35)8-11-21(19)29-12-4-5-13-29/h6-11,14,23H,3-5,12-13,15H2,1-2H3,(H2,27,28,33)/t23-/m1/s1. The zero-order valence-corrected chi connectivity index (χ0v) is 21.0. The van der Waals surface area contributed by atoms with Crippen LogP contribution < -0.4 is 20.3 Å². The van der Waals surface area contributed by atoms with Gasteiger partial charge in [0.1, 0.15) is 12.4 Å². The van der Waals surface area contributed by atoms with Crippen molar-refractivity contribution in [2.75, 3.05) is 38.3 Å². The molecule has 4 rings (SSSR count). The van der Waals surface area contributed by atoms with Gasteiger partial charge < -0.3 is 29.7 Å². The zero-order valence-electron chi connectivity index (χ0n) is 21.0. The Morgan fingerprint density at radius 2 is 1.79 bits per heavy atom. The molecule has 0 saturated carbocycles.